The van der Waals surface area contributed by atoms with Crippen LogP contribution in [0.4, 0.5) is 0 Å². The SMILES string of the molecule is Cc1cc2c(c3c1C1C=CC(C4C=CCCC4)N(C)C1O3)C1N(C2)C2=C(C(C)NC=C2)N1C(C)C. The summed E-state index contributed by atoms with van der Waals surface area (Å²) in [7, 11) is 2.27. The van der Waals surface area contributed by atoms with Gasteiger partial charge in [-0.1, -0.05) is 30.4 Å². The summed E-state index contributed by atoms with van der Waals surface area (Å²) in [6.07, 6.45) is 18.2. The first-order valence-electron chi connectivity index (χ1n) is 13.6. The van der Waals surface area contributed by atoms with Crippen molar-refractivity contribution in [2.24, 2.45) is 5.92 Å². The summed E-state index contributed by atoms with van der Waals surface area (Å²) in [6.45, 7) is 10.2. The van der Waals surface area contributed by atoms with Crippen molar-refractivity contribution in [1.29, 1.82) is 0 Å². The van der Waals surface area contributed by atoms with E-state index in [0.29, 0.717) is 30.0 Å². The first-order chi connectivity index (χ1) is 17.0. The number of ether oxygens (including phenoxy) is 1. The highest BCUT2D eigenvalue weighted by atomic mass is 16.5. The molecule has 35 heavy (non-hydrogen) atoms. The van der Waals surface area contributed by atoms with Gasteiger partial charge in [0.15, 0.2) is 6.23 Å². The number of aryl methyl sites for hydroxylation is 1. The van der Waals surface area contributed by atoms with E-state index >= 15 is 0 Å². The highest BCUT2D eigenvalue weighted by Crippen LogP contribution is 2.57. The molecule has 5 heteroatoms. The lowest BCUT2D eigenvalue weighted by Gasteiger charge is -2.40. The number of dihydropyridines is 1. The maximum Gasteiger partial charge on any atom is 0.163 e. The van der Waals surface area contributed by atoms with Gasteiger partial charge in [-0.3, -0.25) is 4.90 Å². The van der Waals surface area contributed by atoms with Crippen molar-refractivity contribution in [3.63, 3.8) is 0 Å². The van der Waals surface area contributed by atoms with Gasteiger partial charge in [0.2, 0.25) is 0 Å². The highest BCUT2D eigenvalue weighted by molar-refractivity contribution is 5.61. The number of fused-ring (bicyclic) bond motifs is 8. The van der Waals surface area contributed by atoms with Crippen molar-refractivity contribution >= 4 is 0 Å². The number of benzene rings is 1. The van der Waals surface area contributed by atoms with Crippen molar-refractivity contribution in [1.82, 2.24) is 20.0 Å². The summed E-state index contributed by atoms with van der Waals surface area (Å²) >= 11 is 0. The van der Waals surface area contributed by atoms with Crippen molar-refractivity contribution < 1.29 is 4.74 Å². The Morgan fingerprint density at radius 1 is 1.14 bits per heavy atom. The second kappa shape index (κ2) is 7.67. The molecule has 0 spiro atoms. The number of hydrogen-bond acceptors (Lipinski definition) is 5. The Labute approximate surface area is 209 Å². The lowest BCUT2D eigenvalue weighted by Crippen LogP contribution is -2.49. The zero-order valence-corrected chi connectivity index (χ0v) is 21.7. The lowest BCUT2D eigenvalue weighted by atomic mass is 9.82. The van der Waals surface area contributed by atoms with E-state index < -0.39 is 0 Å². The smallest absolute Gasteiger partial charge is 0.163 e. The minimum Gasteiger partial charge on any atom is -0.473 e. The molecular formula is C30H38N4O. The number of rotatable bonds is 2. The van der Waals surface area contributed by atoms with Crippen LogP contribution in [0.15, 0.2) is 54.0 Å². The second-order valence-electron chi connectivity index (χ2n) is 11.6. The van der Waals surface area contributed by atoms with Crippen LogP contribution in [-0.4, -0.2) is 46.1 Å². The molecule has 0 saturated carbocycles. The van der Waals surface area contributed by atoms with Crippen molar-refractivity contribution in [3.05, 3.63) is 76.3 Å². The van der Waals surface area contributed by atoms with Crippen LogP contribution in [0.2, 0.25) is 0 Å². The lowest BCUT2D eigenvalue weighted by molar-refractivity contribution is 0.0129. The maximum absolute atomic E-state index is 7.03. The molecule has 6 atom stereocenters. The molecular weight excluding hydrogens is 432 g/mol. The number of allylic oxidation sites excluding steroid dienone is 2. The monoisotopic (exact) mass is 470 g/mol. The van der Waals surface area contributed by atoms with Gasteiger partial charge in [0, 0.05) is 29.8 Å². The predicted octanol–water partition coefficient (Wildman–Crippen LogP) is 5.28. The van der Waals surface area contributed by atoms with E-state index in [0.717, 1.165) is 12.3 Å². The fourth-order valence-electron chi connectivity index (χ4n) is 7.69. The molecule has 5 aliphatic heterocycles. The van der Waals surface area contributed by atoms with Gasteiger partial charge >= 0.3 is 0 Å². The van der Waals surface area contributed by atoms with Gasteiger partial charge in [0.1, 0.15) is 11.9 Å². The average molecular weight is 471 g/mol. The van der Waals surface area contributed by atoms with Crippen LogP contribution >= 0.6 is 0 Å². The van der Waals surface area contributed by atoms with Crippen LogP contribution in [0.25, 0.3) is 0 Å². The average Bonchev–Trinajstić information content (AvgIpc) is 3.50. The summed E-state index contributed by atoms with van der Waals surface area (Å²) < 4.78 is 7.03. The number of nitrogens with one attached hydrogen (secondary N) is 1. The Morgan fingerprint density at radius 2 is 2.00 bits per heavy atom. The first kappa shape index (κ1) is 21.6. The molecule has 5 nitrogen and oxygen atoms in total. The van der Waals surface area contributed by atoms with Crippen LogP contribution in [-0.2, 0) is 6.54 Å². The summed E-state index contributed by atoms with van der Waals surface area (Å²) in [5.74, 6) is 2.05. The van der Waals surface area contributed by atoms with E-state index in [1.165, 1.54) is 52.9 Å². The summed E-state index contributed by atoms with van der Waals surface area (Å²) in [5.41, 5.74) is 8.41. The molecule has 0 aromatic heterocycles. The molecule has 6 unspecified atom stereocenters. The summed E-state index contributed by atoms with van der Waals surface area (Å²) in [4.78, 5) is 7.75. The molecule has 6 aliphatic rings. The predicted molar refractivity (Wildman–Crippen MR) is 140 cm³/mol. The Balaban J connectivity index is 1.30. The standard InChI is InChI=1S/C30H38N4O/c1-17(2)34-27-19(4)31-14-13-24(27)33-16-21-15-18(3)25-22-11-12-23(20-9-7-6-8-10-20)32(5)30(22)35-28(25)26(21)29(33)34/h7,9,11-15,17,19-20,22-23,29-31H,6,8,10,16H2,1-5H3. The third kappa shape index (κ3) is 2.91. The zero-order chi connectivity index (χ0) is 24.0. The molecule has 1 aliphatic carbocycles. The highest BCUT2D eigenvalue weighted by Gasteiger charge is 2.51. The Kier molecular flexibility index (Phi) is 4.73. The van der Waals surface area contributed by atoms with Crippen molar-refractivity contribution in [3.8, 4) is 5.75 Å². The fourth-order valence-corrected chi connectivity index (χ4v) is 7.69. The van der Waals surface area contributed by atoms with E-state index in [2.05, 4.69) is 97.4 Å². The van der Waals surface area contributed by atoms with Crippen LogP contribution in [0.5, 0.6) is 5.75 Å². The topological polar surface area (TPSA) is 31.0 Å². The van der Waals surface area contributed by atoms with Gasteiger partial charge in [0.25, 0.3) is 0 Å². The molecule has 1 aromatic rings. The van der Waals surface area contributed by atoms with Crippen LogP contribution in [0, 0.1) is 12.8 Å². The molecule has 7 rings (SSSR count). The minimum atomic E-state index is 0.0755. The third-order valence-corrected chi connectivity index (χ3v) is 9.21. The molecule has 1 aromatic carbocycles. The van der Waals surface area contributed by atoms with Crippen LogP contribution in [0.3, 0.4) is 0 Å². The molecule has 0 bridgehead atoms. The maximum atomic E-state index is 7.03. The van der Waals surface area contributed by atoms with Crippen LogP contribution in [0.1, 0.15) is 74.4 Å². The van der Waals surface area contributed by atoms with Gasteiger partial charge in [-0.25, -0.2) is 0 Å². The third-order valence-electron chi connectivity index (χ3n) is 9.21. The molecule has 0 radical (unpaired) electrons. The van der Waals surface area contributed by atoms with Crippen LogP contribution < -0.4 is 10.1 Å². The quantitative estimate of drug-likeness (QED) is 0.595. The summed E-state index contributed by atoms with van der Waals surface area (Å²) in [5, 5.41) is 3.54. The van der Waals surface area contributed by atoms with Gasteiger partial charge in [0.05, 0.1) is 23.4 Å². The second-order valence-corrected chi connectivity index (χ2v) is 11.6. The Bertz CT molecular complexity index is 1190. The molecule has 5 heterocycles. The van der Waals surface area contributed by atoms with Crippen molar-refractivity contribution in [2.75, 3.05) is 7.05 Å². The Morgan fingerprint density at radius 3 is 2.77 bits per heavy atom. The molecule has 0 fully saturated rings. The fraction of sp³-hybridized carbons (Fsp3) is 0.533. The molecule has 0 saturated heterocycles. The molecule has 0 amide bonds. The van der Waals surface area contributed by atoms with Gasteiger partial charge in [-0.15, -0.1) is 0 Å². The van der Waals surface area contributed by atoms with E-state index in [1.54, 1.807) is 0 Å². The van der Waals surface area contributed by atoms with E-state index in [9.17, 15) is 0 Å². The molecule has 184 valence electrons. The number of likely N-dealkylation sites (N-methyl/N-ethyl adjacent to an activating group) is 1. The zero-order valence-electron chi connectivity index (χ0n) is 21.7. The van der Waals surface area contributed by atoms with Gasteiger partial charge in [-0.05, 0) is 83.3 Å². The van der Waals surface area contributed by atoms with Gasteiger partial charge < -0.3 is 19.9 Å². The van der Waals surface area contributed by atoms with E-state index in [4.69, 9.17) is 4.74 Å². The van der Waals surface area contributed by atoms with Gasteiger partial charge in [-0.2, -0.15) is 0 Å². The summed E-state index contributed by atoms with van der Waals surface area (Å²) in [6, 6.07) is 3.58. The van der Waals surface area contributed by atoms with E-state index in [-0.39, 0.29) is 12.4 Å². The minimum absolute atomic E-state index is 0.0755. The first-order valence-corrected chi connectivity index (χ1v) is 13.6. The molecule has 1 N–H and O–H groups in total. The number of hydrogen-bond donors (Lipinski definition) is 1. The largest absolute Gasteiger partial charge is 0.473 e. The number of nitrogens with zero attached hydrogens (tertiary/aromatic N) is 3. The van der Waals surface area contributed by atoms with E-state index in [1.807, 2.05) is 0 Å². The van der Waals surface area contributed by atoms with Crippen molar-refractivity contribution in [2.45, 2.75) is 89.9 Å². The Hall–Kier alpha value is -2.66. The normalized spacial score (nSPS) is 34.6.